The van der Waals surface area contributed by atoms with Gasteiger partial charge in [0.15, 0.2) is 0 Å². The third-order valence-corrected chi connectivity index (χ3v) is 4.02. The Morgan fingerprint density at radius 1 is 1.05 bits per heavy atom. The number of benzene rings is 1. The van der Waals surface area contributed by atoms with Crippen molar-refractivity contribution >= 4 is 0 Å². The van der Waals surface area contributed by atoms with Gasteiger partial charge in [0.1, 0.15) is 0 Å². The van der Waals surface area contributed by atoms with Gasteiger partial charge >= 0.3 is 0 Å². The van der Waals surface area contributed by atoms with Crippen LogP contribution in [0.15, 0.2) is 18.2 Å². The van der Waals surface area contributed by atoms with Gasteiger partial charge in [-0.25, -0.2) is 0 Å². The molecule has 0 unspecified atom stereocenters. The number of rotatable bonds is 11. The first-order valence-corrected chi connectivity index (χ1v) is 8.46. The molecule has 1 aliphatic rings. The number of likely N-dealkylation sites (N-methyl/N-ethyl adjacent to an activating group) is 1. The van der Waals surface area contributed by atoms with Crippen molar-refractivity contribution in [3.8, 4) is 0 Å². The highest BCUT2D eigenvalue weighted by Gasteiger charge is 2.18. The largest absolute Gasteiger partial charge is 0.378 e. The van der Waals surface area contributed by atoms with E-state index in [1.165, 1.54) is 29.5 Å². The Morgan fingerprint density at radius 2 is 1.82 bits per heavy atom. The standard InChI is InChI=1S/C18H30N2O2/c1-3-4-16-5-6-17-14-20(15-18(17)13-16)8-10-22-12-11-21-9-7-19-2/h5-6,13,19H,3-4,7-12,14-15H2,1-2H3. The van der Waals surface area contributed by atoms with E-state index in [0.29, 0.717) is 13.2 Å². The van der Waals surface area contributed by atoms with Crippen molar-refractivity contribution in [1.82, 2.24) is 10.2 Å². The second-order valence-electron chi connectivity index (χ2n) is 5.89. The van der Waals surface area contributed by atoms with E-state index < -0.39 is 0 Å². The van der Waals surface area contributed by atoms with E-state index in [1.807, 2.05) is 7.05 Å². The van der Waals surface area contributed by atoms with Gasteiger partial charge in [-0.1, -0.05) is 31.5 Å². The summed E-state index contributed by atoms with van der Waals surface area (Å²) in [7, 11) is 1.93. The topological polar surface area (TPSA) is 33.7 Å². The van der Waals surface area contributed by atoms with Crippen LogP contribution in [0.25, 0.3) is 0 Å². The zero-order valence-corrected chi connectivity index (χ0v) is 14.1. The number of ether oxygens (including phenoxy) is 2. The van der Waals surface area contributed by atoms with Crippen LogP contribution in [-0.2, 0) is 29.0 Å². The molecule has 1 heterocycles. The average molecular weight is 306 g/mol. The fraction of sp³-hybridized carbons (Fsp3) is 0.667. The molecule has 0 saturated heterocycles. The van der Waals surface area contributed by atoms with E-state index in [0.717, 1.165) is 39.4 Å². The van der Waals surface area contributed by atoms with Crippen molar-refractivity contribution in [2.75, 3.05) is 46.6 Å². The third kappa shape index (κ3) is 5.69. The molecule has 0 saturated carbocycles. The summed E-state index contributed by atoms with van der Waals surface area (Å²) in [6.45, 7) is 9.15. The predicted octanol–water partition coefficient (Wildman–Crippen LogP) is 2.21. The number of fused-ring (bicyclic) bond motifs is 1. The number of aryl methyl sites for hydroxylation is 1. The van der Waals surface area contributed by atoms with E-state index in [-0.39, 0.29) is 0 Å². The second kappa shape index (κ2) is 9.95. The number of hydrogen-bond donors (Lipinski definition) is 1. The molecular weight excluding hydrogens is 276 g/mol. The molecule has 0 spiro atoms. The molecule has 1 aromatic rings. The van der Waals surface area contributed by atoms with Gasteiger partial charge in [-0.15, -0.1) is 0 Å². The Balaban J connectivity index is 1.59. The van der Waals surface area contributed by atoms with Crippen molar-refractivity contribution < 1.29 is 9.47 Å². The van der Waals surface area contributed by atoms with Gasteiger partial charge in [0, 0.05) is 26.2 Å². The summed E-state index contributed by atoms with van der Waals surface area (Å²) in [6, 6.07) is 6.97. The molecule has 4 nitrogen and oxygen atoms in total. The predicted molar refractivity (Wildman–Crippen MR) is 90.1 cm³/mol. The second-order valence-corrected chi connectivity index (χ2v) is 5.89. The molecule has 2 rings (SSSR count). The first-order chi connectivity index (χ1) is 10.8. The summed E-state index contributed by atoms with van der Waals surface area (Å²) in [5.74, 6) is 0. The van der Waals surface area contributed by atoms with Crippen LogP contribution in [0.1, 0.15) is 30.0 Å². The van der Waals surface area contributed by atoms with E-state index in [9.17, 15) is 0 Å². The molecular formula is C18H30N2O2. The molecule has 0 bridgehead atoms. The van der Waals surface area contributed by atoms with Gasteiger partial charge in [0.25, 0.3) is 0 Å². The first-order valence-electron chi connectivity index (χ1n) is 8.46. The van der Waals surface area contributed by atoms with Gasteiger partial charge < -0.3 is 14.8 Å². The number of nitrogens with zero attached hydrogens (tertiary/aromatic N) is 1. The Hall–Kier alpha value is -0.940. The molecule has 0 aromatic heterocycles. The van der Waals surface area contributed by atoms with Crippen molar-refractivity contribution in [3.63, 3.8) is 0 Å². The summed E-state index contributed by atoms with van der Waals surface area (Å²) < 4.78 is 11.1. The lowest BCUT2D eigenvalue weighted by molar-refractivity contribution is 0.0395. The minimum atomic E-state index is 0.683. The van der Waals surface area contributed by atoms with E-state index in [2.05, 4.69) is 35.3 Å². The first kappa shape index (κ1) is 17.4. The molecule has 0 amide bonds. The van der Waals surface area contributed by atoms with Crippen LogP contribution in [0.5, 0.6) is 0 Å². The van der Waals surface area contributed by atoms with Gasteiger partial charge in [-0.05, 0) is 30.2 Å². The van der Waals surface area contributed by atoms with Crippen LogP contribution in [0.3, 0.4) is 0 Å². The van der Waals surface area contributed by atoms with Crippen molar-refractivity contribution in [1.29, 1.82) is 0 Å². The quantitative estimate of drug-likeness (QED) is 0.636. The zero-order valence-electron chi connectivity index (χ0n) is 14.1. The van der Waals surface area contributed by atoms with Crippen LogP contribution in [0, 0.1) is 0 Å². The number of hydrogen-bond acceptors (Lipinski definition) is 4. The molecule has 4 heteroatoms. The molecule has 0 atom stereocenters. The van der Waals surface area contributed by atoms with E-state index >= 15 is 0 Å². The van der Waals surface area contributed by atoms with Gasteiger partial charge in [-0.2, -0.15) is 0 Å². The van der Waals surface area contributed by atoms with E-state index in [4.69, 9.17) is 9.47 Å². The van der Waals surface area contributed by atoms with E-state index in [1.54, 1.807) is 0 Å². The van der Waals surface area contributed by atoms with Crippen LogP contribution < -0.4 is 5.32 Å². The Morgan fingerprint density at radius 3 is 2.59 bits per heavy atom. The SMILES string of the molecule is CCCc1ccc2c(c1)CN(CCOCCOCCNC)C2. The molecule has 1 aliphatic heterocycles. The lowest BCUT2D eigenvalue weighted by Crippen LogP contribution is -2.23. The minimum Gasteiger partial charge on any atom is -0.378 e. The highest BCUT2D eigenvalue weighted by atomic mass is 16.5. The summed E-state index contributed by atoms with van der Waals surface area (Å²) >= 11 is 0. The lowest BCUT2D eigenvalue weighted by atomic mass is 10.0. The fourth-order valence-electron chi connectivity index (χ4n) is 2.81. The maximum atomic E-state index is 5.65. The molecule has 0 aliphatic carbocycles. The Bertz CT molecular complexity index is 437. The van der Waals surface area contributed by atoms with Crippen LogP contribution >= 0.6 is 0 Å². The monoisotopic (exact) mass is 306 g/mol. The highest BCUT2D eigenvalue weighted by Crippen LogP contribution is 2.23. The third-order valence-electron chi connectivity index (χ3n) is 4.02. The molecule has 22 heavy (non-hydrogen) atoms. The smallest absolute Gasteiger partial charge is 0.0701 e. The molecule has 1 N–H and O–H groups in total. The van der Waals surface area contributed by atoms with Gasteiger partial charge in [0.05, 0.1) is 26.4 Å². The Labute approximate surface area is 134 Å². The normalized spacial score (nSPS) is 14.5. The molecule has 124 valence electrons. The Kier molecular flexibility index (Phi) is 7.88. The van der Waals surface area contributed by atoms with Crippen LogP contribution in [-0.4, -0.2) is 51.5 Å². The fourth-order valence-corrected chi connectivity index (χ4v) is 2.81. The highest BCUT2D eigenvalue weighted by molar-refractivity contribution is 5.34. The van der Waals surface area contributed by atoms with Gasteiger partial charge in [-0.3, -0.25) is 4.90 Å². The summed E-state index contributed by atoms with van der Waals surface area (Å²) in [6.07, 6.45) is 2.40. The van der Waals surface area contributed by atoms with Crippen molar-refractivity contribution in [2.45, 2.75) is 32.9 Å². The number of nitrogens with one attached hydrogen (secondary N) is 1. The van der Waals surface area contributed by atoms with Crippen molar-refractivity contribution in [3.05, 3.63) is 34.9 Å². The summed E-state index contributed by atoms with van der Waals surface area (Å²) in [5, 5.41) is 3.05. The average Bonchev–Trinajstić information content (AvgIpc) is 2.92. The van der Waals surface area contributed by atoms with Gasteiger partial charge in [0.2, 0.25) is 0 Å². The summed E-state index contributed by atoms with van der Waals surface area (Å²) in [5.41, 5.74) is 4.45. The van der Waals surface area contributed by atoms with Crippen LogP contribution in [0.2, 0.25) is 0 Å². The molecule has 0 fully saturated rings. The summed E-state index contributed by atoms with van der Waals surface area (Å²) in [4.78, 5) is 2.46. The lowest BCUT2D eigenvalue weighted by Gasteiger charge is -2.14. The van der Waals surface area contributed by atoms with Crippen molar-refractivity contribution in [2.24, 2.45) is 0 Å². The molecule has 0 radical (unpaired) electrons. The minimum absolute atomic E-state index is 0.683. The van der Waals surface area contributed by atoms with Crippen LogP contribution in [0.4, 0.5) is 0 Å². The maximum Gasteiger partial charge on any atom is 0.0701 e. The molecule has 1 aromatic carbocycles. The maximum absolute atomic E-state index is 5.65. The zero-order chi connectivity index (χ0) is 15.6.